The summed E-state index contributed by atoms with van der Waals surface area (Å²) in [5.41, 5.74) is 18.6. The summed E-state index contributed by atoms with van der Waals surface area (Å²) >= 11 is 4.00. The maximum Gasteiger partial charge on any atom is 0.329 e. The Morgan fingerprint density at radius 3 is 2.04 bits per heavy atom. The first-order valence-corrected chi connectivity index (χ1v) is 20.8. The molecule has 8 aromatic carbocycles. The molecule has 0 saturated heterocycles. The van der Waals surface area contributed by atoms with Crippen molar-refractivity contribution in [2.24, 2.45) is 0 Å². The molecule has 0 bridgehead atoms. The lowest BCUT2D eigenvalue weighted by atomic mass is 9.43. The second kappa shape index (κ2) is 11.3. The highest BCUT2D eigenvalue weighted by Crippen LogP contribution is 2.62. The average Bonchev–Trinajstić information content (AvgIpc) is 3.92. The summed E-state index contributed by atoms with van der Waals surface area (Å²) in [5.74, 6) is 0.320. The number of hydrogen-bond donors (Lipinski definition) is 0. The van der Waals surface area contributed by atoms with Gasteiger partial charge in [-0.15, -0.1) is 23.1 Å². The van der Waals surface area contributed by atoms with Crippen molar-refractivity contribution < 1.29 is 0 Å². The number of para-hydroxylation sites is 1. The van der Waals surface area contributed by atoms with Gasteiger partial charge in [-0.05, 0) is 86.3 Å². The van der Waals surface area contributed by atoms with Gasteiger partial charge in [-0.1, -0.05) is 140 Å². The van der Waals surface area contributed by atoms with Crippen LogP contribution in [0.2, 0.25) is 0 Å². The van der Waals surface area contributed by atoms with Gasteiger partial charge in [0.1, 0.15) is 0 Å². The number of anilines is 4. The molecule has 0 aliphatic carbocycles. The van der Waals surface area contributed by atoms with Crippen molar-refractivity contribution in [3.63, 3.8) is 0 Å². The van der Waals surface area contributed by atoms with Gasteiger partial charge in [0, 0.05) is 48.9 Å². The van der Waals surface area contributed by atoms with Gasteiger partial charge in [-0.2, -0.15) is 0 Å². The largest absolute Gasteiger partial charge is 0.394 e. The van der Waals surface area contributed by atoms with E-state index in [-0.39, 0.29) is 12.2 Å². The molecule has 13 rings (SSSR count). The fourth-order valence-corrected chi connectivity index (χ4v) is 12.8. The fourth-order valence-electron chi connectivity index (χ4n) is 10.1. The Morgan fingerprint density at radius 1 is 0.509 bits per heavy atom. The smallest absolute Gasteiger partial charge is 0.329 e. The molecule has 0 radical (unpaired) electrons. The van der Waals surface area contributed by atoms with Crippen molar-refractivity contribution >= 4 is 83.8 Å². The first-order chi connectivity index (χ1) is 27.3. The predicted octanol–water partition coefficient (Wildman–Crippen LogP) is 12.3. The van der Waals surface area contributed by atoms with Crippen LogP contribution in [0.3, 0.4) is 0 Å². The third-order valence-electron chi connectivity index (χ3n) is 12.4. The Labute approximate surface area is 328 Å². The number of thiophene rings is 1. The summed E-state index contributed by atoms with van der Waals surface area (Å²) in [4.78, 5) is 6.85. The van der Waals surface area contributed by atoms with Crippen LogP contribution in [0.5, 0.6) is 0 Å². The highest BCUT2D eigenvalue weighted by molar-refractivity contribution is 8.00. The topological polar surface area (TPSA) is 6.48 Å². The van der Waals surface area contributed by atoms with Crippen LogP contribution in [0.1, 0.15) is 17.0 Å². The zero-order chi connectivity index (χ0) is 35.8. The van der Waals surface area contributed by atoms with Crippen LogP contribution in [0.15, 0.2) is 181 Å². The zero-order valence-electron chi connectivity index (χ0n) is 29.7. The van der Waals surface area contributed by atoms with Crippen LogP contribution in [0.4, 0.5) is 22.7 Å². The minimum absolute atomic E-state index is 0.0450. The third-order valence-corrected chi connectivity index (χ3v) is 14.9. The summed E-state index contributed by atoms with van der Waals surface area (Å²) in [7, 11) is 0. The van der Waals surface area contributed by atoms with E-state index in [1.54, 1.807) is 0 Å². The lowest BCUT2D eigenvalue weighted by Crippen LogP contribution is -2.64. The molecule has 5 heterocycles. The molecule has 256 valence electrons. The lowest BCUT2D eigenvalue weighted by Gasteiger charge is -2.46. The number of thioether (sulfide) groups is 1. The molecule has 0 fully saturated rings. The highest BCUT2D eigenvalue weighted by Gasteiger charge is 2.55. The lowest BCUT2D eigenvalue weighted by molar-refractivity contribution is 0.835. The van der Waals surface area contributed by atoms with Gasteiger partial charge in [0.25, 0.3) is 0 Å². The Kier molecular flexibility index (Phi) is 6.21. The number of fused-ring (bicyclic) bond motifs is 13. The molecule has 2 atom stereocenters. The van der Waals surface area contributed by atoms with Crippen molar-refractivity contribution in [3.05, 3.63) is 187 Å². The molecule has 0 spiro atoms. The van der Waals surface area contributed by atoms with E-state index in [0.717, 1.165) is 0 Å². The minimum Gasteiger partial charge on any atom is -0.394 e. The van der Waals surface area contributed by atoms with Crippen molar-refractivity contribution in [1.29, 1.82) is 0 Å². The average molecular weight is 735 g/mol. The Morgan fingerprint density at radius 2 is 1.20 bits per heavy atom. The van der Waals surface area contributed by atoms with Crippen LogP contribution in [0, 0.1) is 0 Å². The van der Waals surface area contributed by atoms with Gasteiger partial charge < -0.3 is 9.71 Å². The zero-order valence-corrected chi connectivity index (χ0v) is 31.3. The molecular weight excluding hydrogens is 704 g/mol. The van der Waals surface area contributed by atoms with Crippen molar-refractivity contribution in [3.8, 4) is 33.4 Å². The number of nitrogens with zero attached hydrogens (tertiary/aromatic N) is 2. The molecular formula is C50H31BN2S2. The third kappa shape index (κ3) is 4.12. The number of rotatable bonds is 3. The Hall–Kier alpha value is -6.01. The van der Waals surface area contributed by atoms with Crippen molar-refractivity contribution in [2.75, 3.05) is 9.71 Å². The van der Waals surface area contributed by atoms with E-state index >= 15 is 0 Å². The summed E-state index contributed by atoms with van der Waals surface area (Å²) in [5, 5.41) is 2.94. The molecule has 2 unspecified atom stereocenters. The minimum atomic E-state index is 0.0450. The van der Waals surface area contributed by atoms with Gasteiger partial charge in [0.05, 0.1) is 15.8 Å². The molecule has 4 aliphatic rings. The molecule has 1 aromatic heterocycles. The van der Waals surface area contributed by atoms with Crippen LogP contribution in [-0.4, -0.2) is 12.2 Å². The Bertz CT molecular complexity index is 3050. The maximum atomic E-state index is 2.84. The molecule has 0 N–H and O–H groups in total. The number of hydrogen-bond acceptors (Lipinski definition) is 4. The van der Waals surface area contributed by atoms with E-state index in [1.807, 2.05) is 11.3 Å². The van der Waals surface area contributed by atoms with Crippen LogP contribution < -0.4 is 20.6 Å². The van der Waals surface area contributed by atoms with Crippen LogP contribution >= 0.6 is 23.1 Å². The SMILES string of the molecule is c1ccc(-c2ccc(N3c4ccc(-c5ccccc5)cc4B4c5c(cc6c(sc7ccccc76)c53)-c3cccc5c3N4C3Sc4ccccc4C53)cc2)cc1. The highest BCUT2D eigenvalue weighted by atomic mass is 32.2. The van der Waals surface area contributed by atoms with Crippen LogP contribution in [0.25, 0.3) is 53.6 Å². The van der Waals surface area contributed by atoms with Crippen molar-refractivity contribution in [2.45, 2.75) is 16.2 Å². The van der Waals surface area contributed by atoms with Gasteiger partial charge >= 0.3 is 6.85 Å². The monoisotopic (exact) mass is 734 g/mol. The van der Waals surface area contributed by atoms with Gasteiger partial charge in [-0.25, -0.2) is 0 Å². The summed E-state index contributed by atoms with van der Waals surface area (Å²) in [6.07, 6.45) is 0. The van der Waals surface area contributed by atoms with Gasteiger partial charge in [0.2, 0.25) is 0 Å². The normalized spacial score (nSPS) is 16.9. The van der Waals surface area contributed by atoms with E-state index in [4.69, 9.17) is 0 Å². The molecule has 4 aliphatic heterocycles. The van der Waals surface area contributed by atoms with E-state index in [0.29, 0.717) is 5.92 Å². The predicted molar refractivity (Wildman–Crippen MR) is 236 cm³/mol. The van der Waals surface area contributed by atoms with Crippen molar-refractivity contribution in [1.82, 2.24) is 0 Å². The van der Waals surface area contributed by atoms with Gasteiger partial charge in [0.15, 0.2) is 0 Å². The molecule has 0 amide bonds. The van der Waals surface area contributed by atoms with E-state index in [1.165, 1.54) is 103 Å². The first kappa shape index (κ1) is 30.3. The molecule has 5 heteroatoms. The molecule has 0 saturated carbocycles. The number of benzene rings is 8. The second-order valence-electron chi connectivity index (χ2n) is 15.1. The standard InChI is InChI=1S/C50H31BN2S2/c1-3-12-30(13-4-1)32-22-25-34(26-23-32)52-42-27-24-33(31-14-5-2-6-15-31)28-41(42)51-46-39(29-40-35-16-7-9-20-43(35)54-49(40)48(46)52)36-18-11-19-38-45-37-17-8-10-21-44(37)55-50(45)53(51)47(36)38/h1-29,45,50H. The fraction of sp³-hybridized carbons (Fsp3) is 0.0400. The Balaban J connectivity index is 1.14. The maximum absolute atomic E-state index is 2.84. The molecule has 9 aromatic rings. The van der Waals surface area contributed by atoms with E-state index in [9.17, 15) is 0 Å². The quantitative estimate of drug-likeness (QED) is 0.167. The van der Waals surface area contributed by atoms with E-state index in [2.05, 4.69) is 197 Å². The summed E-state index contributed by atoms with van der Waals surface area (Å²) in [6.45, 7) is 0.0450. The van der Waals surface area contributed by atoms with Crippen LogP contribution in [-0.2, 0) is 0 Å². The molecule has 55 heavy (non-hydrogen) atoms. The molecule has 2 nitrogen and oxygen atoms in total. The summed E-state index contributed by atoms with van der Waals surface area (Å²) < 4.78 is 2.68. The van der Waals surface area contributed by atoms with E-state index < -0.39 is 0 Å². The second-order valence-corrected chi connectivity index (χ2v) is 17.3. The van der Waals surface area contributed by atoms with Gasteiger partial charge in [-0.3, -0.25) is 0 Å². The first-order valence-electron chi connectivity index (χ1n) is 19.1. The summed E-state index contributed by atoms with van der Waals surface area (Å²) in [6, 6.07) is 65.9.